The largest absolute Gasteiger partial charge is 0.326 e. The maximum absolute atomic E-state index is 12.9. The van der Waals surface area contributed by atoms with E-state index in [9.17, 15) is 13.8 Å². The van der Waals surface area contributed by atoms with Crippen LogP contribution in [0.1, 0.15) is 37.0 Å². The first kappa shape index (κ1) is 20.3. The second-order valence-corrected chi connectivity index (χ2v) is 9.26. The third-order valence-electron chi connectivity index (χ3n) is 5.06. The Labute approximate surface area is 168 Å². The third kappa shape index (κ3) is 4.33. The van der Waals surface area contributed by atoms with Gasteiger partial charge in [-0.1, -0.05) is 12.1 Å². The van der Waals surface area contributed by atoms with Crippen LogP contribution in [0.25, 0.3) is 0 Å². The summed E-state index contributed by atoms with van der Waals surface area (Å²) in [6.45, 7) is 7.97. The van der Waals surface area contributed by atoms with E-state index in [1.807, 2.05) is 51.1 Å². The van der Waals surface area contributed by atoms with E-state index in [-0.39, 0.29) is 23.5 Å². The maximum Gasteiger partial charge on any atom is 0.225 e. The Morgan fingerprint density at radius 1 is 1.18 bits per heavy atom. The summed E-state index contributed by atoms with van der Waals surface area (Å²) in [5, 5.41) is 2.62. The van der Waals surface area contributed by atoms with Gasteiger partial charge in [-0.15, -0.1) is 0 Å². The van der Waals surface area contributed by atoms with Gasteiger partial charge in [-0.3, -0.25) is 13.8 Å². The third-order valence-corrected chi connectivity index (χ3v) is 6.68. The maximum atomic E-state index is 12.9. The van der Waals surface area contributed by atoms with Gasteiger partial charge in [-0.2, -0.15) is 0 Å². The molecule has 0 spiro atoms. The molecule has 6 heteroatoms. The van der Waals surface area contributed by atoms with E-state index in [2.05, 4.69) is 5.32 Å². The van der Waals surface area contributed by atoms with Gasteiger partial charge in [0.05, 0.1) is 10.8 Å². The monoisotopic (exact) mass is 398 g/mol. The highest BCUT2D eigenvalue weighted by Gasteiger charge is 2.24. The summed E-state index contributed by atoms with van der Waals surface area (Å²) in [6, 6.07) is 11.5. The standard InChI is InChI=1S/C22H26N2O3S/c1-14-5-6-15(2)20(11-14)23-22(26)12-16(3)28(27)19-7-8-21-18(13-19)9-10-24(21)17(4)25/h5-8,11,13,16H,9-10,12H2,1-4H3,(H,23,26). The van der Waals surface area contributed by atoms with Crippen molar-refractivity contribution in [3.05, 3.63) is 53.1 Å². The van der Waals surface area contributed by atoms with Crippen LogP contribution in [0.15, 0.2) is 41.3 Å². The van der Waals surface area contributed by atoms with E-state index in [0.717, 1.165) is 34.5 Å². The summed E-state index contributed by atoms with van der Waals surface area (Å²) in [5.41, 5.74) is 4.81. The molecule has 5 nitrogen and oxygen atoms in total. The highest BCUT2D eigenvalue weighted by Crippen LogP contribution is 2.30. The molecule has 2 atom stereocenters. The van der Waals surface area contributed by atoms with Gasteiger partial charge in [0.1, 0.15) is 0 Å². The lowest BCUT2D eigenvalue weighted by molar-refractivity contribution is -0.117. The molecule has 1 aliphatic rings. The van der Waals surface area contributed by atoms with Gasteiger partial charge >= 0.3 is 0 Å². The molecule has 0 saturated carbocycles. The number of nitrogens with zero attached hydrogens (tertiary/aromatic N) is 1. The second-order valence-electron chi connectivity index (χ2n) is 7.39. The zero-order valence-corrected chi connectivity index (χ0v) is 17.6. The van der Waals surface area contributed by atoms with Crippen LogP contribution in [0.3, 0.4) is 0 Å². The fourth-order valence-corrected chi connectivity index (χ4v) is 4.70. The van der Waals surface area contributed by atoms with Crippen molar-refractivity contribution in [3.63, 3.8) is 0 Å². The number of fused-ring (bicyclic) bond motifs is 1. The lowest BCUT2D eigenvalue weighted by atomic mass is 10.1. The van der Waals surface area contributed by atoms with Crippen LogP contribution in [0.5, 0.6) is 0 Å². The van der Waals surface area contributed by atoms with E-state index >= 15 is 0 Å². The number of carbonyl (C=O) groups excluding carboxylic acids is 2. The highest BCUT2D eigenvalue weighted by molar-refractivity contribution is 7.85. The van der Waals surface area contributed by atoms with Crippen LogP contribution in [0.4, 0.5) is 11.4 Å². The van der Waals surface area contributed by atoms with Gasteiger partial charge in [-0.25, -0.2) is 0 Å². The van der Waals surface area contributed by atoms with Crippen molar-refractivity contribution in [2.45, 2.75) is 50.7 Å². The van der Waals surface area contributed by atoms with Gasteiger partial charge in [0.2, 0.25) is 11.8 Å². The van der Waals surface area contributed by atoms with Crippen molar-refractivity contribution in [2.24, 2.45) is 0 Å². The molecule has 0 aromatic heterocycles. The summed E-state index contributed by atoms with van der Waals surface area (Å²) in [5.74, 6) is -0.123. The van der Waals surface area contributed by atoms with E-state index in [0.29, 0.717) is 11.4 Å². The number of rotatable bonds is 5. The number of hydrogen-bond acceptors (Lipinski definition) is 3. The Hall–Kier alpha value is -2.47. The van der Waals surface area contributed by atoms with Crippen LogP contribution in [0.2, 0.25) is 0 Å². The number of nitrogens with one attached hydrogen (secondary N) is 1. The van der Waals surface area contributed by atoms with Gasteiger partial charge < -0.3 is 10.2 Å². The molecule has 0 aliphatic carbocycles. The zero-order valence-electron chi connectivity index (χ0n) is 16.7. The first-order valence-corrected chi connectivity index (χ1v) is 10.7. The van der Waals surface area contributed by atoms with E-state index < -0.39 is 10.8 Å². The average Bonchev–Trinajstić information content (AvgIpc) is 3.07. The Balaban J connectivity index is 1.67. The highest BCUT2D eigenvalue weighted by atomic mass is 32.2. The lowest BCUT2D eigenvalue weighted by Crippen LogP contribution is -2.25. The summed E-state index contributed by atoms with van der Waals surface area (Å²) in [6.07, 6.45) is 0.943. The van der Waals surface area contributed by atoms with Crippen LogP contribution >= 0.6 is 0 Å². The molecule has 148 valence electrons. The fourth-order valence-electron chi connectivity index (χ4n) is 3.47. The van der Waals surface area contributed by atoms with Crippen molar-refractivity contribution in [3.8, 4) is 0 Å². The lowest BCUT2D eigenvalue weighted by Gasteiger charge is -2.16. The number of carbonyl (C=O) groups is 2. The molecule has 28 heavy (non-hydrogen) atoms. The van der Waals surface area contributed by atoms with Gasteiger partial charge in [0.25, 0.3) is 0 Å². The molecular weight excluding hydrogens is 372 g/mol. The minimum absolute atomic E-state index is 0.0177. The molecule has 2 unspecified atom stereocenters. The Morgan fingerprint density at radius 3 is 2.64 bits per heavy atom. The smallest absolute Gasteiger partial charge is 0.225 e. The van der Waals surface area contributed by atoms with Gasteiger partial charge in [0.15, 0.2) is 0 Å². The Bertz CT molecular complexity index is 955. The van der Waals surface area contributed by atoms with Crippen LogP contribution < -0.4 is 10.2 Å². The molecule has 0 radical (unpaired) electrons. The Morgan fingerprint density at radius 2 is 1.93 bits per heavy atom. The molecule has 2 amide bonds. The number of benzene rings is 2. The fraction of sp³-hybridized carbons (Fsp3) is 0.364. The first-order valence-electron chi connectivity index (χ1n) is 9.45. The topological polar surface area (TPSA) is 66.5 Å². The molecule has 0 saturated heterocycles. The second kappa shape index (κ2) is 8.27. The molecule has 0 fully saturated rings. The van der Waals surface area contributed by atoms with Crippen molar-refractivity contribution in [1.29, 1.82) is 0 Å². The quantitative estimate of drug-likeness (QED) is 0.834. The van der Waals surface area contributed by atoms with Crippen LogP contribution in [0, 0.1) is 13.8 Å². The van der Waals surface area contributed by atoms with E-state index in [1.165, 1.54) is 0 Å². The minimum Gasteiger partial charge on any atom is -0.326 e. The summed E-state index contributed by atoms with van der Waals surface area (Å²) in [4.78, 5) is 26.6. The van der Waals surface area contributed by atoms with E-state index in [1.54, 1.807) is 17.9 Å². The number of aryl methyl sites for hydroxylation is 2. The Kier molecular flexibility index (Phi) is 5.98. The molecule has 1 aliphatic heterocycles. The van der Waals surface area contributed by atoms with E-state index in [4.69, 9.17) is 0 Å². The normalized spacial score (nSPS) is 15.1. The molecule has 1 heterocycles. The van der Waals surface area contributed by atoms with Crippen molar-refractivity contribution >= 4 is 34.0 Å². The summed E-state index contributed by atoms with van der Waals surface area (Å²) >= 11 is 0. The molecule has 2 aromatic rings. The molecule has 2 aromatic carbocycles. The summed E-state index contributed by atoms with van der Waals surface area (Å²) in [7, 11) is -1.30. The molecule has 0 bridgehead atoms. The van der Waals surface area contributed by atoms with Crippen LogP contribution in [-0.2, 0) is 26.8 Å². The number of anilines is 2. The van der Waals surface area contributed by atoms with Crippen molar-refractivity contribution in [1.82, 2.24) is 0 Å². The zero-order chi connectivity index (χ0) is 20.4. The van der Waals surface area contributed by atoms with Crippen molar-refractivity contribution in [2.75, 3.05) is 16.8 Å². The van der Waals surface area contributed by atoms with Gasteiger partial charge in [0, 0.05) is 41.4 Å². The average molecular weight is 399 g/mol. The minimum atomic E-state index is -1.30. The number of amides is 2. The number of hydrogen-bond donors (Lipinski definition) is 1. The predicted octanol–water partition coefficient (Wildman–Crippen LogP) is 3.74. The van der Waals surface area contributed by atoms with Gasteiger partial charge in [-0.05, 0) is 68.1 Å². The molecule has 1 N–H and O–H groups in total. The van der Waals surface area contributed by atoms with Crippen molar-refractivity contribution < 1.29 is 13.8 Å². The van der Waals surface area contributed by atoms with Crippen LogP contribution in [-0.4, -0.2) is 27.8 Å². The summed E-state index contributed by atoms with van der Waals surface area (Å²) < 4.78 is 12.9. The molecule has 3 rings (SSSR count). The molecular formula is C22H26N2O3S. The first-order chi connectivity index (χ1) is 13.3. The SMILES string of the molecule is CC(=O)N1CCc2cc(S(=O)C(C)CC(=O)Nc3cc(C)ccc3C)ccc21. The predicted molar refractivity (Wildman–Crippen MR) is 113 cm³/mol.